The molecule has 0 aromatic heterocycles. The van der Waals surface area contributed by atoms with E-state index < -0.39 is 16.1 Å². The average Bonchev–Trinajstić information content (AvgIpc) is 3.33. The third-order valence-corrected chi connectivity index (χ3v) is 6.09. The standard InChI is InChI=1S/C15H17N5O3S/c1-23-10-4-2-3-9-12(10)20-15(16)14-13(9)18-11(19-14)7-17-24(21,22)8-5-6-8/h2-4,8,14,17H,5-7H2,1H3,(H2,16,20). The zero-order valence-corrected chi connectivity index (χ0v) is 13.9. The molecule has 1 aromatic carbocycles. The molecule has 0 amide bonds. The Bertz CT molecular complexity index is 900. The van der Waals surface area contributed by atoms with E-state index in [-0.39, 0.29) is 11.8 Å². The Morgan fingerprint density at radius 1 is 1.33 bits per heavy atom. The number of fused-ring (bicyclic) bond motifs is 3. The Labute approximate surface area is 139 Å². The van der Waals surface area contributed by atoms with E-state index in [1.807, 2.05) is 12.1 Å². The second-order valence-corrected chi connectivity index (χ2v) is 7.95. The van der Waals surface area contributed by atoms with Crippen molar-refractivity contribution in [3.8, 4) is 5.75 Å². The Kier molecular flexibility index (Phi) is 3.43. The number of aliphatic imine (C=N–C) groups is 3. The minimum absolute atomic E-state index is 0.0609. The van der Waals surface area contributed by atoms with Gasteiger partial charge < -0.3 is 10.5 Å². The molecule has 2 heterocycles. The van der Waals surface area contributed by atoms with Crippen molar-refractivity contribution in [3.05, 3.63) is 23.8 Å². The second kappa shape index (κ2) is 5.38. The Balaban J connectivity index is 1.63. The van der Waals surface area contributed by atoms with Gasteiger partial charge in [-0.3, -0.25) is 4.99 Å². The summed E-state index contributed by atoms with van der Waals surface area (Å²) in [6, 6.07) is 5.07. The number of benzene rings is 1. The van der Waals surface area contributed by atoms with Crippen molar-refractivity contribution in [2.24, 2.45) is 20.7 Å². The zero-order valence-electron chi connectivity index (χ0n) is 13.1. The molecule has 4 rings (SSSR count). The molecule has 1 unspecified atom stereocenters. The molecule has 0 saturated heterocycles. The number of hydrogen-bond acceptors (Lipinski definition) is 7. The molecule has 1 saturated carbocycles. The van der Waals surface area contributed by atoms with E-state index in [1.165, 1.54) is 0 Å². The molecular formula is C15H17N5O3S. The first-order chi connectivity index (χ1) is 11.5. The van der Waals surface area contributed by atoms with Gasteiger partial charge in [-0.1, -0.05) is 12.1 Å². The number of nitrogens with zero attached hydrogens (tertiary/aromatic N) is 3. The maximum Gasteiger partial charge on any atom is 0.214 e. The van der Waals surface area contributed by atoms with Crippen LogP contribution >= 0.6 is 0 Å². The minimum Gasteiger partial charge on any atom is -0.494 e. The van der Waals surface area contributed by atoms with Gasteiger partial charge in [0.2, 0.25) is 10.0 Å². The number of nitrogens with two attached hydrogens (primary N) is 1. The van der Waals surface area contributed by atoms with Crippen molar-refractivity contribution in [2.75, 3.05) is 13.7 Å². The van der Waals surface area contributed by atoms with Crippen LogP contribution in [0, 0.1) is 0 Å². The Morgan fingerprint density at radius 2 is 2.12 bits per heavy atom. The largest absolute Gasteiger partial charge is 0.494 e. The monoisotopic (exact) mass is 347 g/mol. The summed E-state index contributed by atoms with van der Waals surface area (Å²) in [6.07, 6.45) is 1.43. The summed E-state index contributed by atoms with van der Waals surface area (Å²) in [5.41, 5.74) is 8.14. The highest BCUT2D eigenvalue weighted by molar-refractivity contribution is 7.90. The molecule has 1 fully saturated rings. The van der Waals surface area contributed by atoms with E-state index in [9.17, 15) is 8.42 Å². The summed E-state index contributed by atoms with van der Waals surface area (Å²) >= 11 is 0. The van der Waals surface area contributed by atoms with E-state index in [2.05, 4.69) is 19.7 Å². The predicted molar refractivity (Wildman–Crippen MR) is 92.0 cm³/mol. The van der Waals surface area contributed by atoms with Crippen molar-refractivity contribution in [3.63, 3.8) is 0 Å². The highest BCUT2D eigenvalue weighted by atomic mass is 32.2. The maximum absolute atomic E-state index is 11.9. The Morgan fingerprint density at radius 3 is 2.83 bits per heavy atom. The molecule has 3 aliphatic rings. The molecule has 0 bridgehead atoms. The van der Waals surface area contributed by atoms with Crippen molar-refractivity contribution in [1.82, 2.24) is 4.72 Å². The van der Waals surface area contributed by atoms with E-state index in [0.717, 1.165) is 5.56 Å². The fourth-order valence-corrected chi connectivity index (χ4v) is 4.12. The summed E-state index contributed by atoms with van der Waals surface area (Å²) < 4.78 is 31.7. The van der Waals surface area contributed by atoms with Crippen LogP contribution in [0.3, 0.4) is 0 Å². The van der Waals surface area contributed by atoms with Crippen LogP contribution in [0.15, 0.2) is 33.2 Å². The summed E-state index contributed by atoms with van der Waals surface area (Å²) in [4.78, 5) is 13.3. The lowest BCUT2D eigenvalue weighted by Gasteiger charge is -2.19. The van der Waals surface area contributed by atoms with Crippen LogP contribution in [-0.2, 0) is 10.0 Å². The molecule has 1 atom stereocenters. The topological polar surface area (TPSA) is 118 Å². The van der Waals surface area contributed by atoms with Gasteiger partial charge in [-0.15, -0.1) is 0 Å². The molecule has 8 nitrogen and oxygen atoms in total. The third kappa shape index (κ3) is 2.49. The van der Waals surface area contributed by atoms with Crippen LogP contribution in [-0.4, -0.2) is 50.7 Å². The SMILES string of the molecule is COc1cccc2c1N=C(N)C1N=C(CNS(=O)(=O)C3CC3)N=C21. The molecule has 1 aromatic rings. The van der Waals surface area contributed by atoms with Crippen LogP contribution in [0.25, 0.3) is 0 Å². The zero-order chi connectivity index (χ0) is 16.9. The summed E-state index contributed by atoms with van der Waals surface area (Å²) in [7, 11) is -1.71. The molecule has 9 heteroatoms. The quantitative estimate of drug-likeness (QED) is 0.799. The molecule has 0 radical (unpaired) electrons. The number of nitrogens with one attached hydrogen (secondary N) is 1. The van der Waals surface area contributed by atoms with Gasteiger partial charge >= 0.3 is 0 Å². The number of rotatable bonds is 5. The van der Waals surface area contributed by atoms with E-state index in [4.69, 9.17) is 10.5 Å². The van der Waals surface area contributed by atoms with E-state index in [1.54, 1.807) is 13.2 Å². The maximum atomic E-state index is 11.9. The molecular weight excluding hydrogens is 330 g/mol. The van der Waals surface area contributed by atoms with Crippen LogP contribution in [0.2, 0.25) is 0 Å². The lowest BCUT2D eigenvalue weighted by atomic mass is 9.98. The first-order valence-corrected chi connectivity index (χ1v) is 9.19. The minimum atomic E-state index is -3.27. The highest BCUT2D eigenvalue weighted by Gasteiger charge is 2.37. The predicted octanol–water partition coefficient (Wildman–Crippen LogP) is 0.349. The summed E-state index contributed by atoms with van der Waals surface area (Å²) in [6.45, 7) is 0.0609. The molecule has 0 spiro atoms. The lowest BCUT2D eigenvalue weighted by molar-refractivity contribution is 0.416. The van der Waals surface area contributed by atoms with Gasteiger partial charge in [0, 0.05) is 5.56 Å². The molecule has 2 aliphatic heterocycles. The van der Waals surface area contributed by atoms with E-state index in [0.29, 0.717) is 41.7 Å². The van der Waals surface area contributed by atoms with Gasteiger partial charge in [0.1, 0.15) is 23.1 Å². The number of sulfonamides is 1. The van der Waals surface area contributed by atoms with Gasteiger partial charge in [-0.2, -0.15) is 0 Å². The lowest BCUT2D eigenvalue weighted by Crippen LogP contribution is -2.36. The first kappa shape index (κ1) is 15.3. The van der Waals surface area contributed by atoms with Gasteiger partial charge in [0.15, 0.2) is 6.04 Å². The van der Waals surface area contributed by atoms with Gasteiger partial charge in [0.05, 0.1) is 24.6 Å². The molecule has 24 heavy (non-hydrogen) atoms. The fourth-order valence-electron chi connectivity index (χ4n) is 2.80. The average molecular weight is 347 g/mol. The van der Waals surface area contributed by atoms with E-state index >= 15 is 0 Å². The van der Waals surface area contributed by atoms with Crippen molar-refractivity contribution < 1.29 is 13.2 Å². The molecule has 1 aliphatic carbocycles. The second-order valence-electron chi connectivity index (χ2n) is 5.90. The van der Waals surface area contributed by atoms with Gasteiger partial charge in [0.25, 0.3) is 0 Å². The number of methoxy groups -OCH3 is 1. The van der Waals surface area contributed by atoms with Gasteiger partial charge in [-0.25, -0.2) is 23.1 Å². The number of para-hydroxylation sites is 1. The fraction of sp³-hybridized carbons (Fsp3) is 0.400. The molecule has 3 N–H and O–H groups in total. The first-order valence-electron chi connectivity index (χ1n) is 7.65. The number of ether oxygens (including phenoxy) is 1. The molecule has 126 valence electrons. The Hall–Kier alpha value is -2.26. The number of hydrogen-bond donors (Lipinski definition) is 2. The normalized spacial score (nSPS) is 22.2. The highest BCUT2D eigenvalue weighted by Crippen LogP contribution is 2.36. The van der Waals surface area contributed by atoms with Crippen molar-refractivity contribution >= 4 is 33.1 Å². The van der Waals surface area contributed by atoms with Crippen LogP contribution in [0.1, 0.15) is 18.4 Å². The summed E-state index contributed by atoms with van der Waals surface area (Å²) in [5.74, 6) is 1.35. The van der Waals surface area contributed by atoms with Crippen LogP contribution in [0.5, 0.6) is 5.75 Å². The third-order valence-electron chi connectivity index (χ3n) is 4.20. The smallest absolute Gasteiger partial charge is 0.214 e. The van der Waals surface area contributed by atoms with Gasteiger partial charge in [-0.05, 0) is 18.9 Å². The van der Waals surface area contributed by atoms with Crippen molar-refractivity contribution in [1.29, 1.82) is 0 Å². The summed E-state index contributed by atoms with van der Waals surface area (Å²) in [5, 5.41) is -0.272. The van der Waals surface area contributed by atoms with Crippen LogP contribution in [0.4, 0.5) is 5.69 Å². The van der Waals surface area contributed by atoms with Crippen molar-refractivity contribution in [2.45, 2.75) is 24.1 Å². The van der Waals surface area contributed by atoms with Crippen LogP contribution < -0.4 is 15.2 Å². The number of amidine groups is 2.